The Morgan fingerprint density at radius 1 is 1.45 bits per heavy atom. The number of aliphatic hydroxyl groups excluding tert-OH is 1. The van der Waals surface area contributed by atoms with Crippen LogP contribution in [0.25, 0.3) is 0 Å². The summed E-state index contributed by atoms with van der Waals surface area (Å²) in [6.45, 7) is -0.497. The molecule has 0 saturated heterocycles. The summed E-state index contributed by atoms with van der Waals surface area (Å²) < 4.78 is 37.1. The van der Waals surface area contributed by atoms with Crippen molar-refractivity contribution in [2.24, 2.45) is 5.92 Å². The molecule has 1 N–H and O–H groups in total. The van der Waals surface area contributed by atoms with Gasteiger partial charge in [-0.05, 0) is 0 Å². The van der Waals surface area contributed by atoms with Crippen molar-refractivity contribution in [3.63, 3.8) is 0 Å². The number of hydrogen-bond donors (Lipinski definition) is 1. The van der Waals surface area contributed by atoms with Gasteiger partial charge in [-0.25, -0.2) is 13.2 Å². The van der Waals surface area contributed by atoms with Crippen molar-refractivity contribution in [1.82, 2.24) is 0 Å². The molecule has 1 nitrogen and oxygen atoms in total. The molecule has 0 saturated carbocycles. The molecule has 1 unspecified atom stereocenters. The topological polar surface area (TPSA) is 20.2 Å². The van der Waals surface area contributed by atoms with E-state index in [2.05, 4.69) is 0 Å². The monoisotopic (exact) mass is 164 g/mol. The fourth-order valence-corrected chi connectivity index (χ4v) is 0.880. The molecule has 0 fully saturated rings. The zero-order valence-corrected chi connectivity index (χ0v) is 5.65. The predicted molar refractivity (Wildman–Crippen MR) is 33.6 cm³/mol. The first kappa shape index (κ1) is 8.33. The summed E-state index contributed by atoms with van der Waals surface area (Å²) in [4.78, 5) is 0. The number of allylic oxidation sites excluding steroid dienone is 3. The molecular formula is C7H7F3O. The van der Waals surface area contributed by atoms with Gasteiger partial charge in [-0.2, -0.15) is 0 Å². The molecule has 4 heteroatoms. The van der Waals surface area contributed by atoms with Crippen LogP contribution in [0.4, 0.5) is 13.2 Å². The second-order valence-corrected chi connectivity index (χ2v) is 2.37. The van der Waals surface area contributed by atoms with E-state index in [9.17, 15) is 13.2 Å². The maximum atomic E-state index is 12.5. The van der Waals surface area contributed by atoms with Crippen LogP contribution in [0, 0.1) is 5.92 Å². The van der Waals surface area contributed by atoms with Crippen LogP contribution in [0.3, 0.4) is 0 Å². The fourth-order valence-electron chi connectivity index (χ4n) is 0.880. The van der Waals surface area contributed by atoms with Crippen molar-refractivity contribution < 1.29 is 18.3 Å². The first-order chi connectivity index (χ1) is 5.15. The minimum absolute atomic E-state index is 0.384. The van der Waals surface area contributed by atoms with Crippen LogP contribution >= 0.6 is 0 Å². The summed E-state index contributed by atoms with van der Waals surface area (Å²) in [5, 5.41) is 8.47. The molecule has 0 heterocycles. The third-order valence-corrected chi connectivity index (χ3v) is 1.56. The minimum atomic E-state index is -1.17. The Hall–Kier alpha value is -0.770. The fraction of sp³-hybridized carbons (Fsp3) is 0.429. The Balaban J connectivity index is 2.82. The molecule has 0 aromatic heterocycles. The lowest BCUT2D eigenvalue weighted by atomic mass is 9.99. The van der Waals surface area contributed by atoms with E-state index in [0.717, 1.165) is 0 Å². The van der Waals surface area contributed by atoms with Crippen molar-refractivity contribution in [2.45, 2.75) is 6.42 Å². The van der Waals surface area contributed by atoms with Crippen molar-refractivity contribution in [3.05, 3.63) is 23.6 Å². The smallest absolute Gasteiger partial charge is 0.157 e. The molecule has 1 aliphatic carbocycles. The van der Waals surface area contributed by atoms with Gasteiger partial charge in [0.1, 0.15) is 11.7 Å². The van der Waals surface area contributed by atoms with E-state index in [1.807, 2.05) is 0 Å². The zero-order chi connectivity index (χ0) is 8.43. The van der Waals surface area contributed by atoms with E-state index in [0.29, 0.717) is 6.08 Å². The molecule has 1 rings (SSSR count). The van der Waals surface area contributed by atoms with E-state index >= 15 is 0 Å². The van der Waals surface area contributed by atoms with Gasteiger partial charge >= 0.3 is 0 Å². The lowest BCUT2D eigenvalue weighted by Crippen LogP contribution is -2.10. The summed E-state index contributed by atoms with van der Waals surface area (Å²) in [6.07, 6.45) is 0.0877. The molecule has 0 aromatic rings. The lowest BCUT2D eigenvalue weighted by Gasteiger charge is -2.14. The van der Waals surface area contributed by atoms with E-state index in [-0.39, 0.29) is 6.42 Å². The largest absolute Gasteiger partial charge is 0.396 e. The van der Waals surface area contributed by atoms with Crippen LogP contribution in [0.5, 0.6) is 0 Å². The van der Waals surface area contributed by atoms with Crippen LogP contribution in [-0.2, 0) is 0 Å². The number of aliphatic hydroxyl groups is 1. The summed E-state index contributed by atoms with van der Waals surface area (Å²) in [5.41, 5.74) is 0. The first-order valence-electron chi connectivity index (χ1n) is 3.17. The van der Waals surface area contributed by atoms with Gasteiger partial charge in [0.05, 0.1) is 6.61 Å². The molecular weight excluding hydrogens is 157 g/mol. The molecule has 11 heavy (non-hydrogen) atoms. The first-order valence-corrected chi connectivity index (χ1v) is 3.17. The van der Waals surface area contributed by atoms with Crippen molar-refractivity contribution >= 4 is 0 Å². The highest BCUT2D eigenvalue weighted by Gasteiger charge is 2.23. The van der Waals surface area contributed by atoms with E-state index in [1.54, 1.807) is 0 Å². The standard InChI is InChI=1S/C7H7F3O/c8-5-2-7(10)6(9)1-4(5)3-11/h2,4,11H,1,3H2. The van der Waals surface area contributed by atoms with Crippen LogP contribution in [0.2, 0.25) is 0 Å². The van der Waals surface area contributed by atoms with Crippen LogP contribution in [-0.4, -0.2) is 11.7 Å². The Kier molecular flexibility index (Phi) is 2.34. The minimum Gasteiger partial charge on any atom is -0.396 e. The van der Waals surface area contributed by atoms with Crippen molar-refractivity contribution in [2.75, 3.05) is 6.61 Å². The summed E-state index contributed by atoms with van der Waals surface area (Å²) in [6, 6.07) is 0. The average molecular weight is 164 g/mol. The molecule has 0 bridgehead atoms. The van der Waals surface area contributed by atoms with E-state index < -0.39 is 30.0 Å². The van der Waals surface area contributed by atoms with E-state index in [4.69, 9.17) is 5.11 Å². The quantitative estimate of drug-likeness (QED) is 0.628. The predicted octanol–water partition coefficient (Wildman–Crippen LogP) is 2.00. The average Bonchev–Trinajstić information content (AvgIpc) is 1.97. The molecule has 0 aliphatic heterocycles. The third kappa shape index (κ3) is 1.63. The van der Waals surface area contributed by atoms with Gasteiger partial charge in [0.2, 0.25) is 0 Å². The summed E-state index contributed by atoms with van der Waals surface area (Å²) in [5.74, 6) is -3.88. The molecule has 62 valence electrons. The molecule has 1 aliphatic rings. The van der Waals surface area contributed by atoms with Crippen molar-refractivity contribution in [3.8, 4) is 0 Å². The second-order valence-electron chi connectivity index (χ2n) is 2.37. The Morgan fingerprint density at radius 2 is 2.09 bits per heavy atom. The van der Waals surface area contributed by atoms with Gasteiger partial charge in [0, 0.05) is 18.4 Å². The van der Waals surface area contributed by atoms with Crippen LogP contribution in [0.15, 0.2) is 23.6 Å². The molecule has 1 atom stereocenters. The van der Waals surface area contributed by atoms with Crippen LogP contribution in [0.1, 0.15) is 6.42 Å². The number of rotatable bonds is 1. The Bertz CT molecular complexity index is 220. The second kappa shape index (κ2) is 3.09. The lowest BCUT2D eigenvalue weighted by molar-refractivity contribution is 0.217. The number of hydrogen-bond acceptors (Lipinski definition) is 1. The van der Waals surface area contributed by atoms with Gasteiger partial charge in [0.15, 0.2) is 5.83 Å². The van der Waals surface area contributed by atoms with Crippen molar-refractivity contribution in [1.29, 1.82) is 0 Å². The summed E-state index contributed by atoms with van der Waals surface area (Å²) in [7, 11) is 0. The van der Waals surface area contributed by atoms with E-state index in [1.165, 1.54) is 0 Å². The highest BCUT2D eigenvalue weighted by atomic mass is 19.2. The van der Waals surface area contributed by atoms with Gasteiger partial charge < -0.3 is 5.11 Å². The normalized spacial score (nSPS) is 25.5. The zero-order valence-electron chi connectivity index (χ0n) is 5.65. The highest BCUT2D eigenvalue weighted by molar-refractivity contribution is 5.24. The molecule has 0 radical (unpaired) electrons. The Labute approximate surface area is 61.8 Å². The van der Waals surface area contributed by atoms with Gasteiger partial charge in [-0.3, -0.25) is 0 Å². The Morgan fingerprint density at radius 3 is 2.64 bits per heavy atom. The molecule has 0 aromatic carbocycles. The maximum absolute atomic E-state index is 12.5. The summed E-state index contributed by atoms with van der Waals surface area (Å²) >= 11 is 0. The molecule has 0 spiro atoms. The SMILES string of the molecule is OCC1CC(F)=C(F)C=C1F. The van der Waals surface area contributed by atoms with Gasteiger partial charge in [0.25, 0.3) is 0 Å². The van der Waals surface area contributed by atoms with Gasteiger partial charge in [-0.1, -0.05) is 0 Å². The number of halogens is 3. The molecule has 0 amide bonds. The third-order valence-electron chi connectivity index (χ3n) is 1.56. The van der Waals surface area contributed by atoms with Crippen LogP contribution < -0.4 is 0 Å². The van der Waals surface area contributed by atoms with Gasteiger partial charge in [-0.15, -0.1) is 0 Å². The maximum Gasteiger partial charge on any atom is 0.157 e. The highest BCUT2D eigenvalue weighted by Crippen LogP contribution is 2.30.